The number of benzene rings is 1. The molecule has 0 bridgehead atoms. The number of methoxy groups -OCH3 is 1. The standard InChI is InChI=1S/C13H19NO3/c1-9-8-10(6-7-11(9)17-5)13(2,12(15)16)14(3)4/h6-8H,1-5H3,(H,15,16)/t13-/m1/s1. The summed E-state index contributed by atoms with van der Waals surface area (Å²) >= 11 is 0. The lowest BCUT2D eigenvalue weighted by Crippen LogP contribution is -2.45. The number of hydrogen-bond donors (Lipinski definition) is 1. The summed E-state index contributed by atoms with van der Waals surface area (Å²) in [4.78, 5) is 13.1. The van der Waals surface area contributed by atoms with Crippen LogP contribution in [0.25, 0.3) is 0 Å². The lowest BCUT2D eigenvalue weighted by Gasteiger charge is -2.32. The van der Waals surface area contributed by atoms with Gasteiger partial charge in [0.2, 0.25) is 0 Å². The van der Waals surface area contributed by atoms with Crippen LogP contribution >= 0.6 is 0 Å². The molecule has 0 amide bonds. The van der Waals surface area contributed by atoms with Gasteiger partial charge in [0.15, 0.2) is 0 Å². The summed E-state index contributed by atoms with van der Waals surface area (Å²) in [5.74, 6) is -0.104. The third kappa shape index (κ3) is 2.26. The minimum absolute atomic E-state index is 0.744. The summed E-state index contributed by atoms with van der Waals surface area (Å²) in [6.45, 7) is 3.59. The Morgan fingerprint density at radius 3 is 2.35 bits per heavy atom. The van der Waals surface area contributed by atoms with Gasteiger partial charge >= 0.3 is 5.97 Å². The molecule has 0 aliphatic heterocycles. The first-order valence-electron chi connectivity index (χ1n) is 5.40. The monoisotopic (exact) mass is 237 g/mol. The Bertz CT molecular complexity index is 429. The molecule has 1 atom stereocenters. The van der Waals surface area contributed by atoms with Crippen LogP contribution in [0.3, 0.4) is 0 Å². The van der Waals surface area contributed by atoms with Crippen LogP contribution < -0.4 is 4.74 Å². The number of ether oxygens (including phenoxy) is 1. The first-order chi connectivity index (χ1) is 7.83. The fraction of sp³-hybridized carbons (Fsp3) is 0.462. The van der Waals surface area contributed by atoms with Crippen molar-refractivity contribution in [3.63, 3.8) is 0 Å². The lowest BCUT2D eigenvalue weighted by atomic mass is 9.89. The summed E-state index contributed by atoms with van der Waals surface area (Å²) in [5, 5.41) is 9.40. The number of carboxylic acids is 1. The summed E-state index contributed by atoms with van der Waals surface area (Å²) in [6.07, 6.45) is 0. The molecule has 1 aromatic rings. The fourth-order valence-corrected chi connectivity index (χ4v) is 1.75. The molecule has 4 heteroatoms. The zero-order valence-corrected chi connectivity index (χ0v) is 10.9. The molecule has 0 radical (unpaired) electrons. The molecule has 1 aromatic carbocycles. The molecule has 17 heavy (non-hydrogen) atoms. The Balaban J connectivity index is 3.31. The van der Waals surface area contributed by atoms with E-state index in [1.807, 2.05) is 13.0 Å². The molecule has 0 aliphatic rings. The summed E-state index contributed by atoms with van der Waals surface area (Å²) in [5.41, 5.74) is 0.643. The Morgan fingerprint density at radius 1 is 1.41 bits per heavy atom. The van der Waals surface area contributed by atoms with Crippen LogP contribution in [0.4, 0.5) is 0 Å². The maximum atomic E-state index is 11.5. The first kappa shape index (κ1) is 13.5. The van der Waals surface area contributed by atoms with Crippen LogP contribution in [0.1, 0.15) is 18.1 Å². The average molecular weight is 237 g/mol. The molecule has 0 aromatic heterocycles. The van der Waals surface area contributed by atoms with Gasteiger partial charge in [-0.1, -0.05) is 6.07 Å². The minimum atomic E-state index is -1.03. The van der Waals surface area contributed by atoms with E-state index in [9.17, 15) is 9.90 Å². The quantitative estimate of drug-likeness (QED) is 0.868. The zero-order chi connectivity index (χ0) is 13.2. The van der Waals surface area contributed by atoms with Gasteiger partial charge in [-0.3, -0.25) is 4.90 Å². The number of hydrogen-bond acceptors (Lipinski definition) is 3. The number of nitrogens with zero attached hydrogens (tertiary/aromatic N) is 1. The molecular formula is C13H19NO3. The van der Waals surface area contributed by atoms with Crippen LogP contribution in [0, 0.1) is 6.92 Å². The smallest absolute Gasteiger partial charge is 0.328 e. The number of likely N-dealkylation sites (N-methyl/N-ethyl adjacent to an activating group) is 1. The Kier molecular flexibility index (Phi) is 3.78. The Labute approximate surface area is 102 Å². The number of carboxylic acid groups (broad SMARTS) is 1. The molecule has 0 unspecified atom stereocenters. The van der Waals surface area contributed by atoms with Gasteiger partial charge in [0.1, 0.15) is 11.3 Å². The van der Waals surface area contributed by atoms with Gasteiger partial charge in [0.25, 0.3) is 0 Å². The van der Waals surface area contributed by atoms with Crippen molar-refractivity contribution in [2.24, 2.45) is 0 Å². The SMILES string of the molecule is COc1ccc([C@](C)(C(=O)O)N(C)C)cc1C. The number of aliphatic carboxylic acids is 1. The maximum absolute atomic E-state index is 11.5. The third-order valence-corrected chi connectivity index (χ3v) is 3.27. The second-order valence-electron chi connectivity index (χ2n) is 4.46. The maximum Gasteiger partial charge on any atom is 0.328 e. The highest BCUT2D eigenvalue weighted by Crippen LogP contribution is 2.30. The van der Waals surface area contributed by atoms with Crippen molar-refractivity contribution in [3.8, 4) is 5.75 Å². The van der Waals surface area contributed by atoms with E-state index in [0.717, 1.165) is 16.9 Å². The largest absolute Gasteiger partial charge is 0.496 e. The van der Waals surface area contributed by atoms with Gasteiger partial charge in [-0.2, -0.15) is 0 Å². The van der Waals surface area contributed by atoms with E-state index in [-0.39, 0.29) is 0 Å². The van der Waals surface area contributed by atoms with Crippen LogP contribution in [-0.4, -0.2) is 37.2 Å². The van der Waals surface area contributed by atoms with E-state index in [1.54, 1.807) is 45.2 Å². The van der Waals surface area contributed by atoms with Crippen molar-refractivity contribution >= 4 is 5.97 Å². The van der Waals surface area contributed by atoms with Crippen molar-refractivity contribution in [1.29, 1.82) is 0 Å². The van der Waals surface area contributed by atoms with Crippen molar-refractivity contribution in [2.75, 3.05) is 21.2 Å². The van der Waals surface area contributed by atoms with Crippen molar-refractivity contribution in [1.82, 2.24) is 4.90 Å². The van der Waals surface area contributed by atoms with E-state index < -0.39 is 11.5 Å². The molecule has 1 rings (SSSR count). The van der Waals surface area contributed by atoms with Crippen LogP contribution in [0.2, 0.25) is 0 Å². The molecule has 0 saturated heterocycles. The highest BCUT2D eigenvalue weighted by molar-refractivity contribution is 5.80. The van der Waals surface area contributed by atoms with E-state index in [0.29, 0.717) is 0 Å². The van der Waals surface area contributed by atoms with Crippen LogP contribution in [0.15, 0.2) is 18.2 Å². The highest BCUT2D eigenvalue weighted by atomic mass is 16.5. The lowest BCUT2D eigenvalue weighted by molar-refractivity contribution is -0.149. The molecule has 0 fully saturated rings. The highest BCUT2D eigenvalue weighted by Gasteiger charge is 2.37. The van der Waals surface area contributed by atoms with Gasteiger partial charge in [-0.25, -0.2) is 4.79 Å². The molecule has 1 N–H and O–H groups in total. The predicted molar refractivity (Wildman–Crippen MR) is 66.4 cm³/mol. The van der Waals surface area contributed by atoms with Crippen LogP contribution in [0.5, 0.6) is 5.75 Å². The first-order valence-corrected chi connectivity index (χ1v) is 5.40. The minimum Gasteiger partial charge on any atom is -0.496 e. The Morgan fingerprint density at radius 2 is 2.00 bits per heavy atom. The van der Waals surface area contributed by atoms with Gasteiger partial charge in [0, 0.05) is 0 Å². The van der Waals surface area contributed by atoms with Gasteiger partial charge in [-0.15, -0.1) is 0 Å². The van der Waals surface area contributed by atoms with Gasteiger partial charge in [-0.05, 0) is 51.2 Å². The zero-order valence-electron chi connectivity index (χ0n) is 10.9. The van der Waals surface area contributed by atoms with E-state index >= 15 is 0 Å². The molecule has 0 heterocycles. The second-order valence-corrected chi connectivity index (χ2v) is 4.46. The number of aryl methyl sites for hydroxylation is 1. The topological polar surface area (TPSA) is 49.8 Å². The van der Waals surface area contributed by atoms with Crippen molar-refractivity contribution < 1.29 is 14.6 Å². The predicted octanol–water partition coefficient (Wildman–Crippen LogP) is 1.87. The van der Waals surface area contributed by atoms with Gasteiger partial charge in [0.05, 0.1) is 7.11 Å². The fourth-order valence-electron chi connectivity index (χ4n) is 1.75. The summed E-state index contributed by atoms with van der Waals surface area (Å²) in [7, 11) is 5.12. The molecule has 0 saturated carbocycles. The molecule has 94 valence electrons. The molecule has 0 spiro atoms. The van der Waals surface area contributed by atoms with E-state index in [1.165, 1.54) is 0 Å². The van der Waals surface area contributed by atoms with Crippen LogP contribution in [-0.2, 0) is 10.3 Å². The average Bonchev–Trinajstić information content (AvgIpc) is 2.27. The number of rotatable bonds is 4. The van der Waals surface area contributed by atoms with Crippen molar-refractivity contribution in [3.05, 3.63) is 29.3 Å². The second kappa shape index (κ2) is 4.75. The molecular weight excluding hydrogens is 218 g/mol. The number of carbonyl (C=O) groups is 1. The van der Waals surface area contributed by atoms with E-state index in [2.05, 4.69) is 0 Å². The molecule has 0 aliphatic carbocycles. The molecule has 4 nitrogen and oxygen atoms in total. The summed E-state index contributed by atoms with van der Waals surface area (Å²) < 4.78 is 5.17. The van der Waals surface area contributed by atoms with E-state index in [4.69, 9.17) is 4.74 Å². The van der Waals surface area contributed by atoms with Gasteiger partial charge < -0.3 is 9.84 Å². The summed E-state index contributed by atoms with van der Waals surface area (Å²) in [6, 6.07) is 5.45. The third-order valence-electron chi connectivity index (χ3n) is 3.27. The normalized spacial score (nSPS) is 14.5. The van der Waals surface area contributed by atoms with Crippen molar-refractivity contribution in [2.45, 2.75) is 19.4 Å². The Hall–Kier alpha value is -1.55.